The molecule has 2 aliphatic rings. The summed E-state index contributed by atoms with van der Waals surface area (Å²) in [6.45, 7) is 4.05. The average Bonchev–Trinajstić information content (AvgIpc) is 3.24. The van der Waals surface area contributed by atoms with Crippen LogP contribution in [0.5, 0.6) is 0 Å². The Kier molecular flexibility index (Phi) is 4.65. The molecule has 5 heteroatoms. The van der Waals surface area contributed by atoms with Gasteiger partial charge in [0.15, 0.2) is 0 Å². The van der Waals surface area contributed by atoms with E-state index < -0.39 is 0 Å². The van der Waals surface area contributed by atoms with Crippen LogP contribution in [0.1, 0.15) is 30.7 Å². The van der Waals surface area contributed by atoms with Crippen LogP contribution in [0.4, 0.5) is 0 Å². The van der Waals surface area contributed by atoms with E-state index in [-0.39, 0.29) is 5.60 Å². The molecular formula is C19H25N3O2. The lowest BCUT2D eigenvalue weighted by molar-refractivity contribution is -0.0895. The van der Waals surface area contributed by atoms with Gasteiger partial charge in [-0.1, -0.05) is 30.3 Å². The summed E-state index contributed by atoms with van der Waals surface area (Å²) in [7, 11) is 0. The first-order chi connectivity index (χ1) is 11.8. The topological polar surface area (TPSA) is 48.3 Å². The third-order valence-electron chi connectivity index (χ3n) is 5.11. The Morgan fingerprint density at radius 1 is 1.25 bits per heavy atom. The number of hydrogen-bond acceptors (Lipinski definition) is 4. The second-order valence-electron chi connectivity index (χ2n) is 6.86. The molecule has 1 spiro atoms. The molecule has 2 aliphatic heterocycles. The number of nitrogens with zero attached hydrogens (tertiary/aromatic N) is 2. The SMILES string of the molecule is c1ccc(Cn2ccnc2CNC2CCOC3(CCOC3)C2)cc1. The lowest BCUT2D eigenvalue weighted by atomic mass is 9.90. The van der Waals surface area contributed by atoms with Crippen molar-refractivity contribution in [3.8, 4) is 0 Å². The molecule has 1 aromatic heterocycles. The number of hydrogen-bond donors (Lipinski definition) is 1. The zero-order valence-electron chi connectivity index (χ0n) is 14.0. The summed E-state index contributed by atoms with van der Waals surface area (Å²) in [5.74, 6) is 1.09. The van der Waals surface area contributed by atoms with E-state index in [1.54, 1.807) is 0 Å². The molecule has 5 nitrogen and oxygen atoms in total. The number of benzene rings is 1. The predicted octanol–water partition coefficient (Wildman–Crippen LogP) is 2.36. The summed E-state index contributed by atoms with van der Waals surface area (Å²) in [4.78, 5) is 4.53. The van der Waals surface area contributed by atoms with Crippen molar-refractivity contribution in [1.29, 1.82) is 0 Å². The highest BCUT2D eigenvalue weighted by molar-refractivity contribution is 5.15. The molecule has 2 unspecified atom stereocenters. The van der Waals surface area contributed by atoms with E-state index in [2.05, 4.69) is 45.3 Å². The van der Waals surface area contributed by atoms with Crippen molar-refractivity contribution < 1.29 is 9.47 Å². The number of aromatic nitrogens is 2. The maximum Gasteiger partial charge on any atom is 0.122 e. The van der Waals surface area contributed by atoms with Gasteiger partial charge in [-0.2, -0.15) is 0 Å². The van der Waals surface area contributed by atoms with Crippen molar-refractivity contribution in [2.45, 2.75) is 44.0 Å². The Labute approximate surface area is 143 Å². The molecule has 0 amide bonds. The normalized spacial score (nSPS) is 26.9. The third-order valence-corrected chi connectivity index (χ3v) is 5.11. The molecule has 0 bridgehead atoms. The molecular weight excluding hydrogens is 302 g/mol. The molecule has 0 aliphatic carbocycles. The van der Waals surface area contributed by atoms with Gasteiger partial charge >= 0.3 is 0 Å². The third kappa shape index (κ3) is 3.53. The highest BCUT2D eigenvalue weighted by Crippen LogP contribution is 2.32. The van der Waals surface area contributed by atoms with Gasteiger partial charge in [-0.15, -0.1) is 0 Å². The van der Waals surface area contributed by atoms with Crippen LogP contribution in [-0.2, 0) is 22.6 Å². The van der Waals surface area contributed by atoms with E-state index >= 15 is 0 Å². The van der Waals surface area contributed by atoms with Crippen LogP contribution >= 0.6 is 0 Å². The molecule has 2 saturated heterocycles. The zero-order chi connectivity index (χ0) is 16.2. The summed E-state index contributed by atoms with van der Waals surface area (Å²) in [5.41, 5.74) is 1.25. The van der Waals surface area contributed by atoms with Gasteiger partial charge in [0, 0.05) is 44.6 Å². The first-order valence-electron chi connectivity index (χ1n) is 8.82. The maximum absolute atomic E-state index is 6.01. The largest absolute Gasteiger partial charge is 0.378 e. The average molecular weight is 327 g/mol. The molecule has 1 N–H and O–H groups in total. The molecule has 0 radical (unpaired) electrons. The smallest absolute Gasteiger partial charge is 0.122 e. The van der Waals surface area contributed by atoms with Gasteiger partial charge in [-0.3, -0.25) is 0 Å². The first-order valence-corrected chi connectivity index (χ1v) is 8.82. The zero-order valence-corrected chi connectivity index (χ0v) is 14.0. The molecule has 4 rings (SSSR count). The van der Waals surface area contributed by atoms with Gasteiger partial charge in [0.1, 0.15) is 5.82 Å². The lowest BCUT2D eigenvalue weighted by Gasteiger charge is -2.37. The fourth-order valence-electron chi connectivity index (χ4n) is 3.73. The van der Waals surface area contributed by atoms with Crippen molar-refractivity contribution >= 4 is 0 Å². The standard InChI is InChI=1S/C19H25N3O2/c1-2-4-16(5-3-1)14-22-9-8-20-18(22)13-21-17-6-10-24-19(12-17)7-11-23-15-19/h1-5,8-9,17,21H,6-7,10-15H2. The molecule has 3 heterocycles. The van der Waals surface area contributed by atoms with Crippen LogP contribution in [-0.4, -0.2) is 41.0 Å². The second kappa shape index (κ2) is 7.05. The minimum atomic E-state index is -0.0463. The monoisotopic (exact) mass is 327 g/mol. The number of rotatable bonds is 5. The molecule has 2 atom stereocenters. The number of ether oxygens (including phenoxy) is 2. The van der Waals surface area contributed by atoms with E-state index in [0.717, 1.165) is 58.0 Å². The minimum absolute atomic E-state index is 0.0463. The summed E-state index contributed by atoms with van der Waals surface area (Å²) in [6.07, 6.45) is 7.05. The van der Waals surface area contributed by atoms with E-state index in [4.69, 9.17) is 9.47 Å². The van der Waals surface area contributed by atoms with Crippen molar-refractivity contribution in [3.05, 3.63) is 54.1 Å². The van der Waals surface area contributed by atoms with Crippen LogP contribution in [0.2, 0.25) is 0 Å². The fourth-order valence-corrected chi connectivity index (χ4v) is 3.73. The molecule has 0 saturated carbocycles. The van der Waals surface area contributed by atoms with Crippen LogP contribution in [0.25, 0.3) is 0 Å². The summed E-state index contributed by atoms with van der Waals surface area (Å²) >= 11 is 0. The van der Waals surface area contributed by atoms with Crippen LogP contribution < -0.4 is 5.32 Å². The first kappa shape index (κ1) is 15.8. The Morgan fingerprint density at radius 2 is 2.17 bits per heavy atom. The quantitative estimate of drug-likeness (QED) is 0.916. The summed E-state index contributed by atoms with van der Waals surface area (Å²) in [5, 5.41) is 3.68. The van der Waals surface area contributed by atoms with Crippen LogP contribution in [0, 0.1) is 0 Å². The van der Waals surface area contributed by atoms with Gasteiger partial charge in [0.05, 0.1) is 18.8 Å². The highest BCUT2D eigenvalue weighted by Gasteiger charge is 2.40. The van der Waals surface area contributed by atoms with Crippen molar-refractivity contribution in [1.82, 2.24) is 14.9 Å². The molecule has 2 aromatic rings. The highest BCUT2D eigenvalue weighted by atomic mass is 16.6. The van der Waals surface area contributed by atoms with Crippen LogP contribution in [0.15, 0.2) is 42.7 Å². The van der Waals surface area contributed by atoms with Crippen molar-refractivity contribution in [2.75, 3.05) is 19.8 Å². The number of imidazole rings is 1. The van der Waals surface area contributed by atoms with E-state index in [9.17, 15) is 0 Å². The van der Waals surface area contributed by atoms with E-state index in [1.807, 2.05) is 12.3 Å². The number of nitrogens with one attached hydrogen (secondary N) is 1. The molecule has 128 valence electrons. The van der Waals surface area contributed by atoms with Crippen LogP contribution in [0.3, 0.4) is 0 Å². The second-order valence-corrected chi connectivity index (χ2v) is 6.86. The van der Waals surface area contributed by atoms with Gasteiger partial charge < -0.3 is 19.4 Å². The molecule has 24 heavy (non-hydrogen) atoms. The van der Waals surface area contributed by atoms with Gasteiger partial charge in [0.2, 0.25) is 0 Å². The van der Waals surface area contributed by atoms with E-state index in [0.29, 0.717) is 6.04 Å². The Hall–Kier alpha value is -1.69. The lowest BCUT2D eigenvalue weighted by Crippen LogP contribution is -2.47. The fraction of sp³-hybridized carbons (Fsp3) is 0.526. The van der Waals surface area contributed by atoms with E-state index in [1.165, 1.54) is 5.56 Å². The van der Waals surface area contributed by atoms with Gasteiger partial charge in [-0.25, -0.2) is 4.98 Å². The van der Waals surface area contributed by atoms with Gasteiger partial charge in [-0.05, 0) is 18.4 Å². The van der Waals surface area contributed by atoms with Gasteiger partial charge in [0.25, 0.3) is 0 Å². The predicted molar refractivity (Wildman–Crippen MR) is 91.8 cm³/mol. The molecule has 1 aromatic carbocycles. The Bertz CT molecular complexity index is 650. The minimum Gasteiger partial charge on any atom is -0.378 e. The Balaban J connectivity index is 1.35. The van der Waals surface area contributed by atoms with Crippen molar-refractivity contribution in [2.24, 2.45) is 0 Å². The summed E-state index contributed by atoms with van der Waals surface area (Å²) < 4.78 is 13.8. The Morgan fingerprint density at radius 3 is 3.00 bits per heavy atom. The summed E-state index contributed by atoms with van der Waals surface area (Å²) in [6, 6.07) is 11.0. The molecule has 2 fully saturated rings. The van der Waals surface area contributed by atoms with Crippen molar-refractivity contribution in [3.63, 3.8) is 0 Å². The maximum atomic E-state index is 6.01.